The molecular formula is C26H26N4O3. The molecule has 4 aromatic rings. The maximum absolute atomic E-state index is 12.5. The normalized spacial score (nSPS) is 11.5. The summed E-state index contributed by atoms with van der Waals surface area (Å²) in [5.41, 5.74) is 5.94. The van der Waals surface area contributed by atoms with E-state index >= 15 is 0 Å². The van der Waals surface area contributed by atoms with E-state index in [-0.39, 0.29) is 18.9 Å². The second kappa shape index (κ2) is 9.99. The zero-order valence-electron chi connectivity index (χ0n) is 18.7. The van der Waals surface area contributed by atoms with Gasteiger partial charge in [0.1, 0.15) is 5.75 Å². The third-order valence-corrected chi connectivity index (χ3v) is 5.27. The Bertz CT molecular complexity index is 1330. The number of rotatable bonds is 8. The van der Waals surface area contributed by atoms with Gasteiger partial charge in [-0.15, -0.1) is 0 Å². The van der Waals surface area contributed by atoms with E-state index in [1.807, 2.05) is 48.5 Å². The molecule has 168 valence electrons. The number of hydrogen-bond acceptors (Lipinski definition) is 4. The smallest absolute Gasteiger partial charge is 0.277 e. The van der Waals surface area contributed by atoms with Crippen molar-refractivity contribution >= 4 is 45.0 Å². The van der Waals surface area contributed by atoms with Crippen LogP contribution in [0.2, 0.25) is 0 Å². The van der Waals surface area contributed by atoms with Gasteiger partial charge in [-0.25, -0.2) is 5.43 Å². The second-order valence-electron chi connectivity index (χ2n) is 7.70. The number of fused-ring (bicyclic) bond motifs is 3. The summed E-state index contributed by atoms with van der Waals surface area (Å²) in [4.78, 5) is 24.4. The molecule has 0 bridgehead atoms. The molecule has 7 nitrogen and oxygen atoms in total. The molecule has 1 heterocycles. The first kappa shape index (κ1) is 22.1. The van der Waals surface area contributed by atoms with Crippen molar-refractivity contribution in [3.63, 3.8) is 0 Å². The number of hydrogen-bond donors (Lipinski definition) is 2. The van der Waals surface area contributed by atoms with Crippen LogP contribution in [-0.4, -0.2) is 28.7 Å². The van der Waals surface area contributed by atoms with Crippen LogP contribution < -0.4 is 15.5 Å². The lowest BCUT2D eigenvalue weighted by Gasteiger charge is -2.07. The summed E-state index contributed by atoms with van der Waals surface area (Å²) in [6, 6.07) is 23.2. The molecule has 0 saturated carbocycles. The summed E-state index contributed by atoms with van der Waals surface area (Å²) in [5.74, 6) is 0.00717. The van der Waals surface area contributed by atoms with Crippen LogP contribution in [0.25, 0.3) is 21.8 Å². The Morgan fingerprint density at radius 1 is 0.909 bits per heavy atom. The van der Waals surface area contributed by atoms with Gasteiger partial charge in [-0.05, 0) is 50.2 Å². The lowest BCUT2D eigenvalue weighted by Crippen LogP contribution is -2.26. The van der Waals surface area contributed by atoms with Crippen LogP contribution in [0.4, 0.5) is 5.69 Å². The second-order valence-corrected chi connectivity index (χ2v) is 7.70. The fraction of sp³-hybridized carbons (Fsp3) is 0.192. The molecule has 0 aliphatic heterocycles. The lowest BCUT2D eigenvalue weighted by atomic mass is 10.1. The van der Waals surface area contributed by atoms with Crippen LogP contribution in [-0.2, 0) is 16.1 Å². The summed E-state index contributed by atoms with van der Waals surface area (Å²) in [5, 5.41) is 9.18. The number of hydrazone groups is 1. The molecular weight excluding hydrogens is 416 g/mol. The maximum atomic E-state index is 12.5. The van der Waals surface area contributed by atoms with Gasteiger partial charge in [0.05, 0.1) is 6.42 Å². The molecule has 0 radical (unpaired) electrons. The van der Waals surface area contributed by atoms with Crippen molar-refractivity contribution in [3.05, 3.63) is 72.8 Å². The maximum Gasteiger partial charge on any atom is 0.277 e. The molecule has 0 atom stereocenters. The summed E-state index contributed by atoms with van der Waals surface area (Å²) in [6.45, 7) is 4.53. The molecule has 0 spiro atoms. The molecule has 2 amide bonds. The van der Waals surface area contributed by atoms with Crippen molar-refractivity contribution < 1.29 is 14.3 Å². The van der Waals surface area contributed by atoms with Gasteiger partial charge in [-0.1, -0.05) is 36.4 Å². The van der Waals surface area contributed by atoms with Crippen molar-refractivity contribution in [2.45, 2.75) is 26.8 Å². The minimum Gasteiger partial charge on any atom is -0.484 e. The van der Waals surface area contributed by atoms with Crippen molar-refractivity contribution in [1.82, 2.24) is 9.99 Å². The minimum atomic E-state index is -0.392. The third kappa shape index (κ3) is 5.20. The Morgan fingerprint density at radius 2 is 1.64 bits per heavy atom. The van der Waals surface area contributed by atoms with Gasteiger partial charge in [0.2, 0.25) is 5.91 Å². The molecule has 0 fully saturated rings. The molecule has 3 aromatic carbocycles. The zero-order chi connectivity index (χ0) is 23.2. The average molecular weight is 443 g/mol. The van der Waals surface area contributed by atoms with Crippen LogP contribution in [0, 0.1) is 0 Å². The number of aromatic nitrogens is 1. The number of ether oxygens (including phenoxy) is 1. The van der Waals surface area contributed by atoms with E-state index in [0.29, 0.717) is 11.5 Å². The first-order valence-corrected chi connectivity index (χ1v) is 10.9. The predicted molar refractivity (Wildman–Crippen MR) is 132 cm³/mol. The van der Waals surface area contributed by atoms with E-state index in [0.717, 1.165) is 28.5 Å². The highest BCUT2D eigenvalue weighted by Crippen LogP contribution is 2.31. The fourth-order valence-electron chi connectivity index (χ4n) is 3.80. The van der Waals surface area contributed by atoms with E-state index in [1.165, 1.54) is 5.52 Å². The highest BCUT2D eigenvalue weighted by Gasteiger charge is 2.11. The quantitative estimate of drug-likeness (QED) is 0.306. The number of nitrogens with one attached hydrogen (secondary N) is 2. The Balaban J connectivity index is 1.36. The fourth-order valence-corrected chi connectivity index (χ4v) is 3.80. The number of carbonyl (C=O) groups is 2. The Hall–Kier alpha value is -4.13. The summed E-state index contributed by atoms with van der Waals surface area (Å²) < 4.78 is 7.63. The van der Waals surface area contributed by atoms with Crippen molar-refractivity contribution in [1.29, 1.82) is 0 Å². The molecule has 0 saturated heterocycles. The number of nitrogens with zero attached hydrogens (tertiary/aromatic N) is 2. The van der Waals surface area contributed by atoms with Crippen molar-refractivity contribution in [2.24, 2.45) is 5.10 Å². The Labute approximate surface area is 192 Å². The molecule has 0 unspecified atom stereocenters. The van der Waals surface area contributed by atoms with Gasteiger partial charge < -0.3 is 14.6 Å². The summed E-state index contributed by atoms with van der Waals surface area (Å²) in [6.07, 6.45) is 0.0641. The van der Waals surface area contributed by atoms with E-state index in [9.17, 15) is 9.59 Å². The molecule has 4 rings (SSSR count). The summed E-state index contributed by atoms with van der Waals surface area (Å²) >= 11 is 0. The monoisotopic (exact) mass is 442 g/mol. The van der Waals surface area contributed by atoms with E-state index in [2.05, 4.69) is 39.5 Å². The SMILES string of the molecule is CCn1c2ccccc2c2cc(NC(=O)C/C(C)=N\NC(=O)COc3ccccc3)ccc21. The van der Waals surface area contributed by atoms with Gasteiger partial charge in [-0.3, -0.25) is 9.59 Å². The molecule has 7 heteroatoms. The van der Waals surface area contributed by atoms with E-state index in [1.54, 1.807) is 19.1 Å². The molecule has 0 aliphatic carbocycles. The van der Waals surface area contributed by atoms with Gasteiger partial charge >= 0.3 is 0 Å². The molecule has 0 aliphatic rings. The van der Waals surface area contributed by atoms with E-state index in [4.69, 9.17) is 4.74 Å². The van der Waals surface area contributed by atoms with Gasteiger partial charge in [-0.2, -0.15) is 5.10 Å². The third-order valence-electron chi connectivity index (χ3n) is 5.27. The Kier molecular flexibility index (Phi) is 6.69. The van der Waals surface area contributed by atoms with Crippen LogP contribution in [0.15, 0.2) is 77.9 Å². The van der Waals surface area contributed by atoms with Gasteiger partial charge in [0.25, 0.3) is 5.91 Å². The highest BCUT2D eigenvalue weighted by atomic mass is 16.5. The van der Waals surface area contributed by atoms with Crippen molar-refractivity contribution in [3.8, 4) is 5.75 Å². The average Bonchev–Trinajstić information content (AvgIpc) is 3.15. The van der Waals surface area contributed by atoms with Crippen LogP contribution in [0.3, 0.4) is 0 Å². The van der Waals surface area contributed by atoms with Crippen LogP contribution in [0.1, 0.15) is 20.3 Å². The number of aryl methyl sites for hydroxylation is 1. The highest BCUT2D eigenvalue weighted by molar-refractivity contribution is 6.11. The number of carbonyl (C=O) groups excluding carboxylic acids is 2. The van der Waals surface area contributed by atoms with Gasteiger partial charge in [0.15, 0.2) is 6.61 Å². The molecule has 1 aromatic heterocycles. The topological polar surface area (TPSA) is 84.7 Å². The first-order chi connectivity index (χ1) is 16.0. The zero-order valence-corrected chi connectivity index (χ0v) is 18.7. The number of benzene rings is 3. The molecule has 2 N–H and O–H groups in total. The van der Waals surface area contributed by atoms with Crippen molar-refractivity contribution in [2.75, 3.05) is 11.9 Å². The van der Waals surface area contributed by atoms with E-state index < -0.39 is 5.91 Å². The minimum absolute atomic E-state index is 0.0641. The summed E-state index contributed by atoms with van der Waals surface area (Å²) in [7, 11) is 0. The van der Waals surface area contributed by atoms with Crippen LogP contribution >= 0.6 is 0 Å². The number of para-hydroxylation sites is 2. The Morgan fingerprint density at radius 3 is 2.42 bits per heavy atom. The van der Waals surface area contributed by atoms with Crippen LogP contribution in [0.5, 0.6) is 5.75 Å². The standard InChI is InChI=1S/C26H26N4O3/c1-3-30-23-12-8-7-11-21(23)22-16-19(13-14-24(22)30)27-25(31)15-18(2)28-29-26(32)17-33-20-9-5-4-6-10-20/h4-14,16H,3,15,17H2,1-2H3,(H,27,31)(H,29,32)/b28-18-. The number of amides is 2. The predicted octanol–water partition coefficient (Wildman–Crippen LogP) is 4.71. The largest absolute Gasteiger partial charge is 0.484 e. The molecule has 33 heavy (non-hydrogen) atoms. The first-order valence-electron chi connectivity index (χ1n) is 10.9. The lowest BCUT2D eigenvalue weighted by molar-refractivity contribution is -0.123. The van der Waals surface area contributed by atoms with Gasteiger partial charge in [0, 0.05) is 39.7 Å². The number of anilines is 1.